The number of rotatable bonds is 2. The molecule has 1 saturated heterocycles. The molecule has 130 valence electrons. The molecule has 25 heavy (non-hydrogen) atoms. The van der Waals surface area contributed by atoms with Gasteiger partial charge < -0.3 is 19.8 Å². The number of hydrogen-bond donors (Lipinski definition) is 1. The van der Waals surface area contributed by atoms with Crippen molar-refractivity contribution in [1.82, 2.24) is 14.5 Å². The van der Waals surface area contributed by atoms with Gasteiger partial charge >= 0.3 is 0 Å². The van der Waals surface area contributed by atoms with Crippen molar-refractivity contribution in [3.8, 4) is 12.3 Å². The molecule has 0 amide bonds. The van der Waals surface area contributed by atoms with Crippen LogP contribution in [0.4, 0.5) is 5.82 Å². The van der Waals surface area contributed by atoms with Gasteiger partial charge in [0.25, 0.3) is 0 Å². The van der Waals surface area contributed by atoms with E-state index in [1.54, 1.807) is 0 Å². The van der Waals surface area contributed by atoms with Crippen molar-refractivity contribution < 1.29 is 9.47 Å². The van der Waals surface area contributed by atoms with Gasteiger partial charge in [-0.3, -0.25) is 0 Å². The molecule has 4 atom stereocenters. The molecule has 1 aliphatic heterocycles. The van der Waals surface area contributed by atoms with Crippen molar-refractivity contribution in [3.05, 3.63) is 30.7 Å². The summed E-state index contributed by atoms with van der Waals surface area (Å²) in [7, 11) is 0. The number of ether oxygens (including phenoxy) is 2. The smallest absolute Gasteiger partial charge is 0.163 e. The molecule has 2 aromatic heterocycles. The Morgan fingerprint density at radius 1 is 1.44 bits per heavy atom. The molecule has 1 aliphatic carbocycles. The van der Waals surface area contributed by atoms with Gasteiger partial charge in [-0.15, -0.1) is 13.0 Å². The van der Waals surface area contributed by atoms with Crippen LogP contribution >= 0.6 is 0 Å². The van der Waals surface area contributed by atoms with Crippen LogP contribution < -0.4 is 5.73 Å². The molecule has 2 fully saturated rings. The van der Waals surface area contributed by atoms with Gasteiger partial charge in [0.2, 0.25) is 0 Å². The summed E-state index contributed by atoms with van der Waals surface area (Å²) in [5.41, 5.74) is 7.27. The maximum Gasteiger partial charge on any atom is 0.163 e. The lowest BCUT2D eigenvalue weighted by molar-refractivity contribution is -0.161. The first-order valence-electron chi connectivity index (χ1n) is 8.37. The lowest BCUT2D eigenvalue weighted by Crippen LogP contribution is -2.33. The van der Waals surface area contributed by atoms with Crippen molar-refractivity contribution >= 4 is 16.9 Å². The zero-order valence-electron chi connectivity index (χ0n) is 14.7. The Bertz CT molecular complexity index is 910. The molecule has 6 heteroatoms. The third-order valence-electron chi connectivity index (χ3n) is 5.38. The highest BCUT2D eigenvalue weighted by atomic mass is 16.8. The van der Waals surface area contributed by atoms with E-state index >= 15 is 0 Å². The summed E-state index contributed by atoms with van der Waals surface area (Å²) in [5.74, 6) is 2.69. The molecular formula is C19H22N4O2. The molecule has 4 rings (SSSR count). The van der Waals surface area contributed by atoms with Crippen LogP contribution in [-0.4, -0.2) is 32.5 Å². The first-order chi connectivity index (χ1) is 11.8. The molecule has 3 heterocycles. The number of anilines is 1. The van der Waals surface area contributed by atoms with Crippen LogP contribution in [0.25, 0.3) is 11.0 Å². The number of aromatic nitrogens is 3. The summed E-state index contributed by atoms with van der Waals surface area (Å²) in [6.07, 6.45) is 9.45. The highest BCUT2D eigenvalue weighted by Gasteiger charge is 2.60. The molecule has 6 nitrogen and oxygen atoms in total. The first kappa shape index (κ1) is 16.1. The minimum absolute atomic E-state index is 0.0207. The Labute approximate surface area is 147 Å². The number of nitrogens with zero attached hydrogens (tertiary/aromatic N) is 3. The first-order valence-corrected chi connectivity index (χ1v) is 8.37. The summed E-state index contributed by atoms with van der Waals surface area (Å²) < 4.78 is 14.6. The van der Waals surface area contributed by atoms with Crippen molar-refractivity contribution in [2.75, 3.05) is 5.73 Å². The van der Waals surface area contributed by atoms with Crippen molar-refractivity contribution in [3.63, 3.8) is 0 Å². The third-order valence-corrected chi connectivity index (χ3v) is 5.38. The topological polar surface area (TPSA) is 75.2 Å². The Morgan fingerprint density at radius 2 is 2.20 bits per heavy atom. The monoisotopic (exact) mass is 338 g/mol. The number of hydrogen-bond acceptors (Lipinski definition) is 5. The molecule has 2 aromatic rings. The molecule has 0 bridgehead atoms. The van der Waals surface area contributed by atoms with Gasteiger partial charge in [0, 0.05) is 5.69 Å². The second-order valence-corrected chi connectivity index (χ2v) is 7.33. The van der Waals surface area contributed by atoms with E-state index in [2.05, 4.69) is 27.0 Å². The quantitative estimate of drug-likeness (QED) is 0.673. The maximum absolute atomic E-state index is 6.24. The van der Waals surface area contributed by atoms with Gasteiger partial charge in [-0.1, -0.05) is 12.0 Å². The largest absolute Gasteiger partial charge is 0.383 e. The van der Waals surface area contributed by atoms with Crippen LogP contribution in [0.3, 0.4) is 0 Å². The number of fused-ring (bicyclic) bond motifs is 2. The highest BCUT2D eigenvalue weighted by molar-refractivity contribution is 5.87. The molecule has 0 spiro atoms. The standard InChI is InChI=1S/C19H22N4O2/c1-6-19(7-2)9-13(14-15(19)25-18(4,5)24-14)23-11(3)8-12-16(20)21-10-22-17(12)23/h1,7-8,10,13-15H,2,9H2,3-5H3,(H2,20,21,22)/t13-,14+,15+,19+/m1/s1. The van der Waals surface area contributed by atoms with E-state index in [0.717, 1.165) is 16.7 Å². The van der Waals surface area contributed by atoms with E-state index in [1.807, 2.05) is 32.9 Å². The van der Waals surface area contributed by atoms with E-state index in [9.17, 15) is 0 Å². The van der Waals surface area contributed by atoms with Gasteiger partial charge in [0.1, 0.15) is 30.0 Å². The number of aryl methyl sites for hydroxylation is 1. The minimum atomic E-state index is -0.690. The lowest BCUT2D eigenvalue weighted by atomic mass is 9.85. The van der Waals surface area contributed by atoms with Crippen molar-refractivity contribution in [2.24, 2.45) is 5.41 Å². The Hall–Kier alpha value is -2.36. The van der Waals surface area contributed by atoms with Crippen molar-refractivity contribution in [1.29, 1.82) is 0 Å². The Balaban J connectivity index is 1.89. The van der Waals surface area contributed by atoms with Crippen LogP contribution in [0.15, 0.2) is 25.0 Å². The van der Waals surface area contributed by atoms with Crippen LogP contribution in [-0.2, 0) is 9.47 Å². The second kappa shape index (κ2) is 5.07. The second-order valence-electron chi connectivity index (χ2n) is 7.33. The molecule has 2 aliphatic rings. The summed E-state index contributed by atoms with van der Waals surface area (Å²) in [6, 6.07) is 1.98. The fraction of sp³-hybridized carbons (Fsp3) is 0.474. The van der Waals surface area contributed by atoms with E-state index in [-0.39, 0.29) is 18.2 Å². The third kappa shape index (κ3) is 2.13. The molecular weight excluding hydrogens is 316 g/mol. The zero-order chi connectivity index (χ0) is 18.0. The fourth-order valence-corrected chi connectivity index (χ4v) is 4.28. The number of terminal acetylenes is 1. The van der Waals surface area contributed by atoms with Crippen LogP contribution in [0.5, 0.6) is 0 Å². The normalized spacial score (nSPS) is 33.3. The lowest BCUT2D eigenvalue weighted by Gasteiger charge is -2.28. The molecule has 1 saturated carbocycles. The van der Waals surface area contributed by atoms with Crippen LogP contribution in [0, 0.1) is 24.7 Å². The van der Waals surface area contributed by atoms with Gasteiger partial charge in [-0.2, -0.15) is 0 Å². The summed E-state index contributed by atoms with van der Waals surface area (Å²) in [4.78, 5) is 8.54. The summed E-state index contributed by atoms with van der Waals surface area (Å²) >= 11 is 0. The minimum Gasteiger partial charge on any atom is -0.383 e. The predicted molar refractivity (Wildman–Crippen MR) is 95.6 cm³/mol. The number of nitrogen functional groups attached to an aromatic ring is 1. The van der Waals surface area contributed by atoms with Gasteiger partial charge in [-0.25, -0.2) is 9.97 Å². The van der Waals surface area contributed by atoms with E-state index < -0.39 is 11.2 Å². The molecule has 2 N–H and O–H groups in total. The zero-order valence-corrected chi connectivity index (χ0v) is 14.7. The summed E-state index contributed by atoms with van der Waals surface area (Å²) in [5, 5.41) is 0.839. The van der Waals surface area contributed by atoms with E-state index in [1.165, 1.54) is 6.33 Å². The van der Waals surface area contributed by atoms with E-state index in [0.29, 0.717) is 12.2 Å². The predicted octanol–water partition coefficient (Wildman–Crippen LogP) is 2.59. The van der Waals surface area contributed by atoms with Crippen LogP contribution in [0.2, 0.25) is 0 Å². The fourth-order valence-electron chi connectivity index (χ4n) is 4.28. The van der Waals surface area contributed by atoms with E-state index in [4.69, 9.17) is 21.6 Å². The Morgan fingerprint density at radius 3 is 2.88 bits per heavy atom. The summed E-state index contributed by atoms with van der Waals surface area (Å²) in [6.45, 7) is 9.82. The number of nitrogens with two attached hydrogens (primary N) is 1. The Kier molecular flexibility index (Phi) is 3.27. The van der Waals surface area contributed by atoms with Crippen LogP contribution in [0.1, 0.15) is 32.0 Å². The van der Waals surface area contributed by atoms with Gasteiger partial charge in [0.15, 0.2) is 5.79 Å². The average Bonchev–Trinajstić information content (AvgIpc) is 3.15. The maximum atomic E-state index is 6.24. The average molecular weight is 338 g/mol. The SMILES string of the molecule is C#C[C@]1(C=C)C[C@@H](n2c(C)cc3c(N)ncnc32)[C@@H]2OC(C)(C)O[C@@H]21. The molecule has 0 aromatic carbocycles. The highest BCUT2D eigenvalue weighted by Crippen LogP contribution is 2.54. The van der Waals surface area contributed by atoms with Gasteiger partial charge in [-0.05, 0) is 33.3 Å². The van der Waals surface area contributed by atoms with Gasteiger partial charge in [0.05, 0.1) is 16.8 Å². The molecule has 0 radical (unpaired) electrons. The molecule has 0 unspecified atom stereocenters. The van der Waals surface area contributed by atoms with Crippen molar-refractivity contribution in [2.45, 2.75) is 51.2 Å².